The van der Waals surface area contributed by atoms with Crippen molar-refractivity contribution >= 4 is 33.0 Å². The summed E-state index contributed by atoms with van der Waals surface area (Å²) in [5, 5.41) is 0. The number of halogens is 1. The zero-order chi connectivity index (χ0) is 10.9. The van der Waals surface area contributed by atoms with Gasteiger partial charge >= 0.3 is 0 Å². The minimum atomic E-state index is -0.239. The Bertz CT molecular complexity index is 333. The summed E-state index contributed by atoms with van der Waals surface area (Å²) in [6.07, 6.45) is 0.875. The van der Waals surface area contributed by atoms with Crippen molar-refractivity contribution in [1.29, 1.82) is 0 Å². The first-order chi connectivity index (χ1) is 6.38. The Balaban J connectivity index is 3.01. The number of carbonyl (C=O) groups is 1. The average Bonchev–Trinajstić information content (AvgIpc) is 2.45. The molecule has 0 saturated carbocycles. The molecule has 0 saturated heterocycles. The monoisotopic (exact) mass is 274 g/mol. The van der Waals surface area contributed by atoms with E-state index in [0.29, 0.717) is 0 Å². The number of rotatable bonds is 3. The van der Waals surface area contributed by atoms with Crippen molar-refractivity contribution in [2.45, 2.75) is 34.1 Å². The Kier molecular flexibility index (Phi) is 3.53. The van der Waals surface area contributed by atoms with Crippen molar-refractivity contribution in [3.05, 3.63) is 20.3 Å². The highest BCUT2D eigenvalue weighted by Crippen LogP contribution is 2.32. The molecule has 0 aliphatic heterocycles. The Morgan fingerprint density at radius 1 is 1.57 bits per heavy atom. The highest BCUT2D eigenvalue weighted by atomic mass is 79.9. The van der Waals surface area contributed by atoms with Gasteiger partial charge in [0, 0.05) is 14.8 Å². The minimum Gasteiger partial charge on any atom is -0.293 e. The van der Waals surface area contributed by atoms with Crippen LogP contribution in [-0.4, -0.2) is 5.78 Å². The van der Waals surface area contributed by atoms with Crippen LogP contribution >= 0.6 is 27.3 Å². The molecular weight excluding hydrogens is 260 g/mol. The summed E-state index contributed by atoms with van der Waals surface area (Å²) in [4.78, 5) is 14.1. The summed E-state index contributed by atoms with van der Waals surface area (Å²) < 4.78 is 1.04. The maximum atomic E-state index is 12.1. The van der Waals surface area contributed by atoms with Crippen LogP contribution in [0.25, 0.3) is 0 Å². The van der Waals surface area contributed by atoms with Crippen molar-refractivity contribution in [1.82, 2.24) is 0 Å². The number of thiophene rings is 1. The van der Waals surface area contributed by atoms with E-state index in [9.17, 15) is 4.79 Å². The topological polar surface area (TPSA) is 17.1 Å². The molecule has 0 aromatic carbocycles. The fraction of sp³-hybridized carbons (Fsp3) is 0.545. The maximum Gasteiger partial charge on any atom is 0.178 e. The van der Waals surface area contributed by atoms with Gasteiger partial charge in [-0.1, -0.05) is 20.8 Å². The van der Waals surface area contributed by atoms with E-state index in [4.69, 9.17) is 0 Å². The van der Waals surface area contributed by atoms with Crippen molar-refractivity contribution in [2.75, 3.05) is 0 Å². The SMILES string of the molecule is CCC(C)(C)C(=O)c1cc(Br)c(C)s1. The molecule has 0 aliphatic rings. The van der Waals surface area contributed by atoms with Gasteiger partial charge in [0.15, 0.2) is 5.78 Å². The number of ketones is 1. The molecule has 1 rings (SSSR count). The summed E-state index contributed by atoms with van der Waals surface area (Å²) in [5.74, 6) is 0.249. The first-order valence-corrected chi connectivity index (χ1v) is 6.30. The third-order valence-corrected chi connectivity index (χ3v) is 4.71. The summed E-state index contributed by atoms with van der Waals surface area (Å²) >= 11 is 5.00. The summed E-state index contributed by atoms with van der Waals surface area (Å²) in [7, 11) is 0. The van der Waals surface area contributed by atoms with E-state index in [1.54, 1.807) is 11.3 Å². The Morgan fingerprint density at radius 3 is 2.50 bits per heavy atom. The first-order valence-electron chi connectivity index (χ1n) is 4.69. The molecule has 14 heavy (non-hydrogen) atoms. The van der Waals surface area contributed by atoms with Crippen LogP contribution in [-0.2, 0) is 0 Å². The second kappa shape index (κ2) is 4.15. The number of aryl methyl sites for hydroxylation is 1. The number of hydrogen-bond donors (Lipinski definition) is 0. The van der Waals surface area contributed by atoms with Crippen molar-refractivity contribution < 1.29 is 4.79 Å². The van der Waals surface area contributed by atoms with Gasteiger partial charge in [0.2, 0.25) is 0 Å². The summed E-state index contributed by atoms with van der Waals surface area (Å²) in [6.45, 7) is 8.06. The fourth-order valence-electron chi connectivity index (χ4n) is 1.07. The molecule has 1 aromatic rings. The van der Waals surface area contributed by atoms with Gasteiger partial charge in [0.05, 0.1) is 4.88 Å². The third-order valence-electron chi connectivity index (χ3n) is 2.58. The van der Waals surface area contributed by atoms with E-state index in [2.05, 4.69) is 15.9 Å². The molecule has 0 bridgehead atoms. The molecule has 0 aliphatic carbocycles. The average molecular weight is 275 g/mol. The molecule has 0 atom stereocenters. The molecule has 3 heteroatoms. The predicted octanol–water partition coefficient (Wildman–Crippen LogP) is 4.44. The van der Waals surface area contributed by atoms with E-state index >= 15 is 0 Å². The molecule has 0 unspecified atom stereocenters. The highest BCUT2D eigenvalue weighted by Gasteiger charge is 2.27. The highest BCUT2D eigenvalue weighted by molar-refractivity contribution is 9.10. The largest absolute Gasteiger partial charge is 0.293 e. The first kappa shape index (κ1) is 11.9. The number of Topliss-reactive ketones (excluding diaryl/α,β-unsaturated/α-hetero) is 1. The lowest BCUT2D eigenvalue weighted by molar-refractivity contribution is 0.0837. The van der Waals surface area contributed by atoms with Gasteiger partial charge in [-0.15, -0.1) is 11.3 Å². The van der Waals surface area contributed by atoms with Crippen LogP contribution in [0.1, 0.15) is 41.7 Å². The lowest BCUT2D eigenvalue weighted by Crippen LogP contribution is -2.22. The lowest BCUT2D eigenvalue weighted by Gasteiger charge is -2.19. The third kappa shape index (κ3) is 2.26. The van der Waals surface area contributed by atoms with Crippen LogP contribution in [0.3, 0.4) is 0 Å². The van der Waals surface area contributed by atoms with E-state index in [1.807, 2.05) is 33.8 Å². The Hall–Kier alpha value is -0.150. The van der Waals surface area contributed by atoms with Crippen molar-refractivity contribution in [3.63, 3.8) is 0 Å². The van der Waals surface area contributed by atoms with Crippen LogP contribution in [0.2, 0.25) is 0 Å². The van der Waals surface area contributed by atoms with Gasteiger partial charge in [-0.25, -0.2) is 0 Å². The van der Waals surface area contributed by atoms with Crippen molar-refractivity contribution in [2.24, 2.45) is 5.41 Å². The zero-order valence-electron chi connectivity index (χ0n) is 8.98. The molecule has 0 amide bonds. The number of hydrogen-bond acceptors (Lipinski definition) is 2. The van der Waals surface area contributed by atoms with Gasteiger partial charge < -0.3 is 0 Å². The summed E-state index contributed by atoms with van der Waals surface area (Å²) in [6, 6.07) is 1.93. The smallest absolute Gasteiger partial charge is 0.178 e. The van der Waals surface area contributed by atoms with Gasteiger partial charge in [-0.2, -0.15) is 0 Å². The summed E-state index contributed by atoms with van der Waals surface area (Å²) in [5.41, 5.74) is -0.239. The van der Waals surface area contributed by atoms with Crippen LogP contribution in [0, 0.1) is 12.3 Å². The van der Waals surface area contributed by atoms with Crippen molar-refractivity contribution in [3.8, 4) is 0 Å². The van der Waals surface area contributed by atoms with E-state index < -0.39 is 0 Å². The second-order valence-corrected chi connectivity index (χ2v) is 6.19. The molecule has 1 aromatic heterocycles. The molecule has 0 N–H and O–H groups in total. The molecule has 0 fully saturated rings. The van der Waals surface area contributed by atoms with Gasteiger partial charge in [0.25, 0.3) is 0 Å². The predicted molar refractivity (Wildman–Crippen MR) is 65.2 cm³/mol. The van der Waals surface area contributed by atoms with Gasteiger partial charge in [-0.3, -0.25) is 4.79 Å². The van der Waals surface area contributed by atoms with Crippen LogP contribution in [0.4, 0.5) is 0 Å². The molecule has 1 nitrogen and oxygen atoms in total. The molecule has 0 spiro atoms. The van der Waals surface area contributed by atoms with Gasteiger partial charge in [-0.05, 0) is 35.3 Å². The maximum absolute atomic E-state index is 12.1. The Labute approximate surface area is 97.7 Å². The standard InChI is InChI=1S/C11H15BrOS/c1-5-11(3,4)10(13)9-6-8(12)7(2)14-9/h6H,5H2,1-4H3. The normalized spacial score (nSPS) is 11.8. The molecule has 1 heterocycles. The Morgan fingerprint density at radius 2 is 2.14 bits per heavy atom. The molecule has 0 radical (unpaired) electrons. The zero-order valence-corrected chi connectivity index (χ0v) is 11.4. The number of carbonyl (C=O) groups excluding carboxylic acids is 1. The van der Waals surface area contributed by atoms with Crippen LogP contribution in [0.15, 0.2) is 10.5 Å². The fourth-order valence-corrected chi connectivity index (χ4v) is 2.72. The van der Waals surface area contributed by atoms with Crippen LogP contribution < -0.4 is 0 Å². The van der Waals surface area contributed by atoms with Gasteiger partial charge in [0.1, 0.15) is 0 Å². The van der Waals surface area contributed by atoms with E-state index in [0.717, 1.165) is 15.8 Å². The quantitative estimate of drug-likeness (QED) is 0.745. The minimum absolute atomic E-state index is 0.239. The van der Waals surface area contributed by atoms with E-state index in [1.165, 1.54) is 4.88 Å². The molecule has 78 valence electrons. The molecular formula is C11H15BrOS. The second-order valence-electron chi connectivity index (χ2n) is 4.08. The van der Waals surface area contributed by atoms with E-state index in [-0.39, 0.29) is 11.2 Å². The lowest BCUT2D eigenvalue weighted by atomic mass is 9.85. The van der Waals surface area contributed by atoms with Crippen LogP contribution in [0.5, 0.6) is 0 Å².